The van der Waals surface area contributed by atoms with Crippen molar-refractivity contribution in [2.24, 2.45) is 0 Å². The van der Waals surface area contributed by atoms with E-state index >= 15 is 0 Å². The van der Waals surface area contributed by atoms with Crippen molar-refractivity contribution in [1.29, 1.82) is 0 Å². The number of phenolic OH excluding ortho intramolecular Hbond substituents is 1. The zero-order chi connectivity index (χ0) is 27.4. The van der Waals surface area contributed by atoms with E-state index < -0.39 is 17.6 Å². The summed E-state index contributed by atoms with van der Waals surface area (Å²) < 4.78 is 52.0. The van der Waals surface area contributed by atoms with Gasteiger partial charge in [-0.15, -0.1) is 0 Å². The minimum absolute atomic E-state index is 0.00664. The van der Waals surface area contributed by atoms with Crippen LogP contribution in [0.15, 0.2) is 60.7 Å². The molecule has 1 heterocycles. The smallest absolute Gasteiger partial charge is 0.416 e. The van der Waals surface area contributed by atoms with Crippen molar-refractivity contribution in [2.75, 3.05) is 29.9 Å². The number of benzene rings is 3. The van der Waals surface area contributed by atoms with E-state index in [-0.39, 0.29) is 52.9 Å². The van der Waals surface area contributed by atoms with Crippen LogP contribution in [0.2, 0.25) is 5.02 Å². The predicted molar refractivity (Wildman–Crippen MR) is 140 cm³/mol. The minimum Gasteiger partial charge on any atom is -0.507 e. The number of alkyl halides is 3. The third-order valence-electron chi connectivity index (χ3n) is 6.15. The Morgan fingerprint density at radius 1 is 1.11 bits per heavy atom. The molecule has 38 heavy (non-hydrogen) atoms. The molecule has 0 saturated carbocycles. The van der Waals surface area contributed by atoms with Crippen molar-refractivity contribution in [1.82, 2.24) is 0 Å². The van der Waals surface area contributed by atoms with Gasteiger partial charge in [-0.2, -0.15) is 13.2 Å². The fourth-order valence-corrected chi connectivity index (χ4v) is 4.66. The molecule has 0 bridgehead atoms. The van der Waals surface area contributed by atoms with Gasteiger partial charge < -0.3 is 24.8 Å². The topological polar surface area (TPSA) is 71.0 Å². The van der Waals surface area contributed by atoms with Crippen LogP contribution in [0.3, 0.4) is 0 Å². The van der Waals surface area contributed by atoms with Gasteiger partial charge in [0, 0.05) is 36.3 Å². The van der Waals surface area contributed by atoms with Crippen molar-refractivity contribution >= 4 is 28.9 Å². The van der Waals surface area contributed by atoms with Gasteiger partial charge in [0.05, 0.1) is 35.6 Å². The molecule has 2 N–H and O–H groups in total. The van der Waals surface area contributed by atoms with E-state index in [1.54, 1.807) is 18.2 Å². The maximum Gasteiger partial charge on any atom is 0.416 e. The summed E-state index contributed by atoms with van der Waals surface area (Å²) in [4.78, 5) is 15.0. The van der Waals surface area contributed by atoms with Gasteiger partial charge >= 0.3 is 6.18 Å². The number of rotatable bonds is 7. The highest BCUT2D eigenvalue weighted by Crippen LogP contribution is 2.34. The van der Waals surface area contributed by atoms with E-state index in [4.69, 9.17) is 21.1 Å². The molecule has 0 spiro atoms. The second-order valence-corrected chi connectivity index (χ2v) is 9.65. The van der Waals surface area contributed by atoms with Gasteiger partial charge in [0.1, 0.15) is 11.5 Å². The zero-order valence-corrected chi connectivity index (χ0v) is 21.6. The van der Waals surface area contributed by atoms with Gasteiger partial charge in [0.2, 0.25) is 0 Å². The van der Waals surface area contributed by atoms with Crippen molar-refractivity contribution in [3.8, 4) is 11.5 Å². The molecule has 10 heteroatoms. The highest BCUT2D eigenvalue weighted by Gasteiger charge is 2.32. The predicted octanol–water partition coefficient (Wildman–Crippen LogP) is 6.55. The van der Waals surface area contributed by atoms with E-state index in [1.807, 2.05) is 19.9 Å². The number of hydrogen-bond donors (Lipinski definition) is 2. The van der Waals surface area contributed by atoms with E-state index in [9.17, 15) is 23.1 Å². The number of nitrogens with one attached hydrogen (secondary N) is 1. The van der Waals surface area contributed by atoms with Crippen molar-refractivity contribution < 1.29 is 32.5 Å². The second kappa shape index (κ2) is 11.5. The minimum atomic E-state index is -4.47. The molecule has 6 nitrogen and oxygen atoms in total. The second-order valence-electron chi connectivity index (χ2n) is 9.21. The van der Waals surface area contributed by atoms with E-state index in [0.29, 0.717) is 18.8 Å². The fraction of sp³-hybridized carbons (Fsp3) is 0.321. The van der Waals surface area contributed by atoms with Gasteiger partial charge in [-0.25, -0.2) is 0 Å². The Kier molecular flexibility index (Phi) is 8.38. The number of anilines is 2. The summed E-state index contributed by atoms with van der Waals surface area (Å²) in [6, 6.07) is 14.7. The standard InChI is InChI=1S/C28H28ClF3N2O4/c1-17-15-34(16-18(2)38-17)21-8-9-24(33-27(36)22-13-20(29)7-10-25(22)35)26(14-21)37-12-11-19-5-3-4-6-23(19)28(30,31)32/h3-10,13-14,17-18,35H,11-12,15-16H2,1-2H3,(H,33,36)/t17-,18+. The summed E-state index contributed by atoms with van der Waals surface area (Å²) in [7, 11) is 0. The van der Waals surface area contributed by atoms with Crippen LogP contribution in [-0.2, 0) is 17.3 Å². The molecule has 0 radical (unpaired) electrons. The molecule has 0 unspecified atom stereocenters. The summed E-state index contributed by atoms with van der Waals surface area (Å²) in [5, 5.41) is 13.1. The first-order chi connectivity index (χ1) is 18.0. The molecular formula is C28H28ClF3N2O4. The van der Waals surface area contributed by atoms with Gasteiger partial charge in [-0.1, -0.05) is 29.8 Å². The Bertz CT molecular complexity index is 1290. The van der Waals surface area contributed by atoms with E-state index in [1.165, 1.54) is 30.3 Å². The lowest BCUT2D eigenvalue weighted by Crippen LogP contribution is -2.45. The number of carbonyl (C=O) groups is 1. The molecule has 1 fully saturated rings. The first-order valence-electron chi connectivity index (χ1n) is 12.1. The van der Waals surface area contributed by atoms with Crippen LogP contribution >= 0.6 is 11.6 Å². The average molecular weight is 549 g/mol. The Morgan fingerprint density at radius 3 is 2.53 bits per heavy atom. The van der Waals surface area contributed by atoms with Crippen molar-refractivity contribution in [2.45, 2.75) is 38.7 Å². The van der Waals surface area contributed by atoms with Gasteiger partial charge in [0.15, 0.2) is 0 Å². The first-order valence-corrected chi connectivity index (χ1v) is 12.5. The number of morpholine rings is 1. The fourth-order valence-electron chi connectivity index (χ4n) is 4.48. The number of hydrogen-bond acceptors (Lipinski definition) is 5. The lowest BCUT2D eigenvalue weighted by atomic mass is 10.0. The molecule has 0 aromatic heterocycles. The number of nitrogens with zero attached hydrogens (tertiary/aromatic N) is 1. The molecule has 1 saturated heterocycles. The summed E-state index contributed by atoms with van der Waals surface area (Å²) in [5.74, 6) is -0.571. The van der Waals surface area contributed by atoms with Gasteiger partial charge in [-0.05, 0) is 55.8 Å². The van der Waals surface area contributed by atoms with Crippen LogP contribution in [0.25, 0.3) is 0 Å². The number of carbonyl (C=O) groups excluding carboxylic acids is 1. The number of amides is 1. The van der Waals surface area contributed by atoms with E-state index in [2.05, 4.69) is 10.2 Å². The Morgan fingerprint density at radius 2 is 1.82 bits per heavy atom. The third-order valence-corrected chi connectivity index (χ3v) is 6.39. The van der Waals surface area contributed by atoms with Crippen LogP contribution in [0.5, 0.6) is 11.5 Å². The number of aromatic hydroxyl groups is 1. The maximum absolute atomic E-state index is 13.4. The molecule has 3 aromatic carbocycles. The maximum atomic E-state index is 13.4. The average Bonchev–Trinajstić information content (AvgIpc) is 2.85. The molecule has 0 aliphatic carbocycles. The SMILES string of the molecule is C[C@@H]1CN(c2ccc(NC(=O)c3cc(Cl)ccc3O)c(OCCc3ccccc3C(F)(F)F)c2)C[C@H](C)O1. The molecule has 1 amide bonds. The molecule has 1 aliphatic rings. The van der Waals surface area contributed by atoms with Crippen LogP contribution in [-0.4, -0.2) is 42.9 Å². The highest BCUT2D eigenvalue weighted by molar-refractivity contribution is 6.31. The number of phenols is 1. The molecule has 2 atom stereocenters. The quantitative estimate of drug-likeness (QED) is 0.350. The lowest BCUT2D eigenvalue weighted by molar-refractivity contribution is -0.138. The monoisotopic (exact) mass is 548 g/mol. The Hall–Kier alpha value is -3.43. The van der Waals surface area contributed by atoms with Gasteiger partial charge in [-0.3, -0.25) is 4.79 Å². The first kappa shape index (κ1) is 27.6. The summed E-state index contributed by atoms with van der Waals surface area (Å²) in [5.41, 5.74) is 0.500. The zero-order valence-electron chi connectivity index (χ0n) is 20.9. The molecule has 3 aromatic rings. The Balaban J connectivity index is 1.59. The van der Waals surface area contributed by atoms with Gasteiger partial charge in [0.25, 0.3) is 5.91 Å². The van der Waals surface area contributed by atoms with Crippen LogP contribution in [0, 0.1) is 0 Å². The summed E-state index contributed by atoms with van der Waals surface area (Å²) in [6.07, 6.45) is -4.45. The lowest BCUT2D eigenvalue weighted by Gasteiger charge is -2.37. The van der Waals surface area contributed by atoms with Crippen molar-refractivity contribution in [3.63, 3.8) is 0 Å². The third kappa shape index (κ3) is 6.71. The summed E-state index contributed by atoms with van der Waals surface area (Å²) >= 11 is 5.99. The molecular weight excluding hydrogens is 521 g/mol. The van der Waals surface area contributed by atoms with Crippen LogP contribution in [0.4, 0.5) is 24.5 Å². The molecule has 1 aliphatic heterocycles. The van der Waals surface area contributed by atoms with Crippen molar-refractivity contribution in [3.05, 3.63) is 82.4 Å². The summed E-state index contributed by atoms with van der Waals surface area (Å²) in [6.45, 7) is 5.18. The normalized spacial score (nSPS) is 17.8. The number of ether oxygens (including phenoxy) is 2. The van der Waals surface area contributed by atoms with E-state index in [0.717, 1.165) is 11.8 Å². The highest BCUT2D eigenvalue weighted by atomic mass is 35.5. The number of halogens is 4. The Labute approximate surface area is 223 Å². The molecule has 202 valence electrons. The molecule has 4 rings (SSSR count). The largest absolute Gasteiger partial charge is 0.507 e. The van der Waals surface area contributed by atoms with Crippen LogP contribution in [0.1, 0.15) is 35.3 Å². The van der Waals surface area contributed by atoms with Crippen LogP contribution < -0.4 is 15.0 Å².